The zero-order valence-electron chi connectivity index (χ0n) is 16.3. The first-order chi connectivity index (χ1) is 14.4. The smallest absolute Gasteiger partial charge is 0.224 e. The number of carbonyl (C=O) groups is 2. The van der Waals surface area contributed by atoms with Gasteiger partial charge in [0, 0.05) is 36.0 Å². The maximum absolute atomic E-state index is 12.4. The van der Waals surface area contributed by atoms with Crippen molar-refractivity contribution in [1.29, 1.82) is 0 Å². The van der Waals surface area contributed by atoms with Gasteiger partial charge in [-0.25, -0.2) is 4.98 Å². The third-order valence-corrected chi connectivity index (χ3v) is 4.66. The molecule has 1 aromatic heterocycles. The highest BCUT2D eigenvalue weighted by Crippen LogP contribution is 2.31. The molecule has 0 unspecified atom stereocenters. The molecule has 0 aliphatic heterocycles. The summed E-state index contributed by atoms with van der Waals surface area (Å²) in [6, 6.07) is 10.1. The van der Waals surface area contributed by atoms with Crippen molar-refractivity contribution in [2.75, 3.05) is 17.7 Å². The molecular formula is C21H19Cl2N3O4. The second kappa shape index (κ2) is 9.65. The summed E-state index contributed by atoms with van der Waals surface area (Å²) >= 11 is 12.1. The monoisotopic (exact) mass is 447 g/mol. The first-order valence-corrected chi connectivity index (χ1v) is 9.77. The Labute approximate surface area is 183 Å². The Hall–Kier alpha value is -3.03. The lowest BCUT2D eigenvalue weighted by Crippen LogP contribution is -2.14. The number of rotatable bonds is 7. The summed E-state index contributed by atoms with van der Waals surface area (Å²) in [6.07, 6.45) is 1.99. The quantitative estimate of drug-likeness (QED) is 0.519. The highest BCUT2D eigenvalue weighted by Gasteiger charge is 2.13. The maximum atomic E-state index is 12.4. The molecule has 156 valence electrons. The van der Waals surface area contributed by atoms with Crippen molar-refractivity contribution in [2.24, 2.45) is 0 Å². The molecule has 0 aliphatic rings. The summed E-state index contributed by atoms with van der Waals surface area (Å²) in [5, 5.41) is 6.42. The van der Waals surface area contributed by atoms with E-state index in [9.17, 15) is 9.59 Å². The SMILES string of the molecule is COc1ccc(NC(C)=O)cc1NC(=O)CCc1ncc(-c2ccc(Cl)cc2Cl)o1. The topological polar surface area (TPSA) is 93.5 Å². The minimum Gasteiger partial charge on any atom is -0.495 e. The third kappa shape index (κ3) is 5.52. The number of nitrogens with one attached hydrogen (secondary N) is 2. The van der Waals surface area contributed by atoms with Gasteiger partial charge in [-0.15, -0.1) is 0 Å². The van der Waals surface area contributed by atoms with Crippen molar-refractivity contribution in [1.82, 2.24) is 4.98 Å². The van der Waals surface area contributed by atoms with E-state index in [1.807, 2.05) is 0 Å². The maximum Gasteiger partial charge on any atom is 0.224 e. The average molecular weight is 448 g/mol. The fourth-order valence-electron chi connectivity index (χ4n) is 2.76. The lowest BCUT2D eigenvalue weighted by atomic mass is 10.2. The zero-order chi connectivity index (χ0) is 21.7. The van der Waals surface area contributed by atoms with Gasteiger partial charge in [-0.2, -0.15) is 0 Å². The molecule has 7 nitrogen and oxygen atoms in total. The molecule has 9 heteroatoms. The van der Waals surface area contributed by atoms with E-state index in [2.05, 4.69) is 15.6 Å². The molecule has 3 rings (SSSR count). The number of oxazole rings is 1. The first kappa shape index (κ1) is 21.7. The molecule has 0 fully saturated rings. The molecule has 2 amide bonds. The fourth-order valence-corrected chi connectivity index (χ4v) is 3.26. The lowest BCUT2D eigenvalue weighted by Gasteiger charge is -2.12. The Morgan fingerprint density at radius 2 is 1.93 bits per heavy atom. The van der Waals surface area contributed by atoms with Crippen LogP contribution in [0.3, 0.4) is 0 Å². The molecule has 3 aromatic rings. The summed E-state index contributed by atoms with van der Waals surface area (Å²) < 4.78 is 11.0. The summed E-state index contributed by atoms with van der Waals surface area (Å²) in [5.74, 6) is 0.922. The average Bonchev–Trinajstić information content (AvgIpc) is 3.15. The number of hydrogen-bond acceptors (Lipinski definition) is 5. The second-order valence-corrected chi connectivity index (χ2v) is 7.23. The van der Waals surface area contributed by atoms with E-state index in [0.717, 1.165) is 0 Å². The van der Waals surface area contributed by atoms with Crippen molar-refractivity contribution >= 4 is 46.4 Å². The van der Waals surface area contributed by atoms with E-state index in [0.29, 0.717) is 50.8 Å². The van der Waals surface area contributed by atoms with Gasteiger partial charge in [0.2, 0.25) is 11.8 Å². The lowest BCUT2D eigenvalue weighted by molar-refractivity contribution is -0.116. The summed E-state index contributed by atoms with van der Waals surface area (Å²) in [6.45, 7) is 1.41. The van der Waals surface area contributed by atoms with Crippen molar-refractivity contribution in [3.05, 3.63) is 58.5 Å². The van der Waals surface area contributed by atoms with Crippen LogP contribution in [0.1, 0.15) is 19.2 Å². The van der Waals surface area contributed by atoms with Crippen LogP contribution in [0.25, 0.3) is 11.3 Å². The number of aryl methyl sites for hydroxylation is 1. The molecule has 1 heterocycles. The van der Waals surface area contributed by atoms with E-state index in [-0.39, 0.29) is 18.2 Å². The van der Waals surface area contributed by atoms with Crippen LogP contribution >= 0.6 is 23.2 Å². The van der Waals surface area contributed by atoms with Gasteiger partial charge in [0.25, 0.3) is 0 Å². The molecule has 0 radical (unpaired) electrons. The van der Waals surface area contributed by atoms with Gasteiger partial charge in [-0.3, -0.25) is 9.59 Å². The molecule has 0 spiro atoms. The number of hydrogen-bond donors (Lipinski definition) is 2. The van der Waals surface area contributed by atoms with Crippen LogP contribution in [0, 0.1) is 0 Å². The largest absolute Gasteiger partial charge is 0.495 e. The second-order valence-electron chi connectivity index (χ2n) is 6.39. The Kier molecular flexibility index (Phi) is 6.97. The summed E-state index contributed by atoms with van der Waals surface area (Å²) in [5.41, 5.74) is 1.68. The predicted molar refractivity (Wildman–Crippen MR) is 116 cm³/mol. The molecule has 2 aromatic carbocycles. The number of aromatic nitrogens is 1. The molecule has 0 saturated heterocycles. The molecule has 2 N–H and O–H groups in total. The summed E-state index contributed by atoms with van der Waals surface area (Å²) in [4.78, 5) is 27.8. The highest BCUT2D eigenvalue weighted by molar-refractivity contribution is 6.36. The van der Waals surface area contributed by atoms with Crippen molar-refractivity contribution in [2.45, 2.75) is 19.8 Å². The first-order valence-electron chi connectivity index (χ1n) is 9.01. The van der Waals surface area contributed by atoms with Crippen LogP contribution in [0.5, 0.6) is 5.75 Å². The standard InChI is InChI=1S/C21H19Cl2N3O4/c1-12(27)25-14-4-6-18(29-2)17(10-14)26-20(28)7-8-21-24-11-19(30-21)15-5-3-13(22)9-16(15)23/h3-6,9-11H,7-8H2,1-2H3,(H,25,27)(H,26,28). The van der Waals surface area contributed by atoms with Crippen LogP contribution < -0.4 is 15.4 Å². The van der Waals surface area contributed by atoms with Gasteiger partial charge >= 0.3 is 0 Å². The summed E-state index contributed by atoms with van der Waals surface area (Å²) in [7, 11) is 1.50. The number of amides is 2. The number of carbonyl (C=O) groups excluding carboxylic acids is 2. The molecule has 0 aliphatic carbocycles. The van der Waals surface area contributed by atoms with Crippen LogP contribution in [0.4, 0.5) is 11.4 Å². The Balaban J connectivity index is 1.64. The number of nitrogens with zero attached hydrogens (tertiary/aromatic N) is 1. The van der Waals surface area contributed by atoms with Gasteiger partial charge in [0.1, 0.15) is 5.75 Å². The minimum atomic E-state index is -0.252. The molecule has 0 atom stereocenters. The van der Waals surface area contributed by atoms with E-state index in [4.69, 9.17) is 32.4 Å². The van der Waals surface area contributed by atoms with Gasteiger partial charge in [0.15, 0.2) is 11.7 Å². The molecule has 0 saturated carbocycles. The van der Waals surface area contributed by atoms with Gasteiger partial charge in [-0.05, 0) is 36.4 Å². The molecule has 0 bridgehead atoms. The van der Waals surface area contributed by atoms with Crippen molar-refractivity contribution in [3.63, 3.8) is 0 Å². The van der Waals surface area contributed by atoms with Crippen LogP contribution in [0.15, 0.2) is 47.0 Å². The number of benzene rings is 2. The van der Waals surface area contributed by atoms with Crippen LogP contribution in [-0.2, 0) is 16.0 Å². The van der Waals surface area contributed by atoms with E-state index in [1.54, 1.807) is 42.6 Å². The minimum absolute atomic E-state index is 0.141. The van der Waals surface area contributed by atoms with E-state index in [1.165, 1.54) is 14.0 Å². The molecule has 30 heavy (non-hydrogen) atoms. The normalized spacial score (nSPS) is 10.5. The fraction of sp³-hybridized carbons (Fsp3) is 0.190. The van der Waals surface area contributed by atoms with Crippen molar-refractivity contribution in [3.8, 4) is 17.1 Å². The number of halogens is 2. The van der Waals surface area contributed by atoms with Gasteiger partial charge in [-0.1, -0.05) is 23.2 Å². The van der Waals surface area contributed by atoms with E-state index < -0.39 is 0 Å². The highest BCUT2D eigenvalue weighted by atomic mass is 35.5. The van der Waals surface area contributed by atoms with Crippen LogP contribution in [0.2, 0.25) is 10.0 Å². The molecular weight excluding hydrogens is 429 g/mol. The Morgan fingerprint density at radius 1 is 1.13 bits per heavy atom. The number of ether oxygens (including phenoxy) is 1. The van der Waals surface area contributed by atoms with Crippen LogP contribution in [-0.4, -0.2) is 23.9 Å². The predicted octanol–water partition coefficient (Wildman–Crippen LogP) is 5.19. The van der Waals surface area contributed by atoms with Crippen molar-refractivity contribution < 1.29 is 18.7 Å². The third-order valence-electron chi connectivity index (χ3n) is 4.11. The number of methoxy groups -OCH3 is 1. The van der Waals surface area contributed by atoms with E-state index >= 15 is 0 Å². The zero-order valence-corrected chi connectivity index (χ0v) is 17.8. The van der Waals surface area contributed by atoms with Gasteiger partial charge in [0.05, 0.1) is 24.0 Å². The van der Waals surface area contributed by atoms with Gasteiger partial charge < -0.3 is 19.8 Å². The Morgan fingerprint density at radius 3 is 2.63 bits per heavy atom. The number of anilines is 2. The Bertz CT molecular complexity index is 1080.